The van der Waals surface area contributed by atoms with E-state index in [9.17, 15) is 23.1 Å². The largest absolute Gasteiger partial charge is 0.438 e. The summed E-state index contributed by atoms with van der Waals surface area (Å²) in [6.07, 6.45) is -5.86. The Morgan fingerprint density at radius 3 is 2.50 bits per heavy atom. The molecular formula is C22H12Cl2F3N3O3S. The van der Waals surface area contributed by atoms with Crippen molar-refractivity contribution >= 4 is 56.4 Å². The van der Waals surface area contributed by atoms with Gasteiger partial charge >= 0.3 is 11.8 Å². The highest BCUT2D eigenvalue weighted by atomic mass is 35.5. The third-order valence-corrected chi connectivity index (χ3v) is 6.56. The number of nitrogens with zero attached hydrogens (tertiary/aromatic N) is 3. The van der Waals surface area contributed by atoms with Crippen LogP contribution in [0.25, 0.3) is 22.2 Å². The van der Waals surface area contributed by atoms with Crippen LogP contribution in [0.15, 0.2) is 68.2 Å². The van der Waals surface area contributed by atoms with Crippen molar-refractivity contribution in [2.24, 2.45) is 5.10 Å². The molecule has 0 saturated carbocycles. The number of aliphatic hydroxyl groups is 1. The Balaban J connectivity index is 1.58. The molecule has 0 radical (unpaired) electrons. The zero-order valence-electron chi connectivity index (χ0n) is 16.8. The molecule has 3 heterocycles. The molecule has 0 fully saturated rings. The van der Waals surface area contributed by atoms with E-state index in [-0.39, 0.29) is 22.1 Å². The second kappa shape index (κ2) is 8.09. The summed E-state index contributed by atoms with van der Waals surface area (Å²) in [4.78, 5) is 16.7. The molecule has 1 aliphatic heterocycles. The molecule has 0 amide bonds. The summed E-state index contributed by atoms with van der Waals surface area (Å²) < 4.78 is 47.1. The fourth-order valence-electron chi connectivity index (χ4n) is 3.53. The zero-order valence-corrected chi connectivity index (χ0v) is 19.1. The van der Waals surface area contributed by atoms with Crippen molar-refractivity contribution in [3.63, 3.8) is 0 Å². The second-order valence-corrected chi connectivity index (χ2v) is 9.21. The van der Waals surface area contributed by atoms with Gasteiger partial charge in [-0.05, 0) is 42.0 Å². The summed E-state index contributed by atoms with van der Waals surface area (Å²) in [6.45, 7) is 0. The van der Waals surface area contributed by atoms with Crippen molar-refractivity contribution in [3.8, 4) is 11.3 Å². The van der Waals surface area contributed by atoms with Gasteiger partial charge in [0.15, 0.2) is 0 Å². The number of benzene rings is 2. The Labute approximate surface area is 203 Å². The number of hydrogen-bond donors (Lipinski definition) is 1. The smallest absolute Gasteiger partial charge is 0.422 e. The van der Waals surface area contributed by atoms with Crippen LogP contribution in [0, 0.1) is 0 Å². The van der Waals surface area contributed by atoms with E-state index in [4.69, 9.17) is 27.6 Å². The standard InChI is InChI=1S/C22H12Cl2F3N3O3S/c23-13-3-1-11(2-4-13)16-9-21(32,22(25,26)27)30(29-16)20-28-17(10-34-20)15-8-12-7-14(24)5-6-18(12)33-19(15)31/h1-8,10,32H,9H2. The Morgan fingerprint density at radius 1 is 1.09 bits per heavy atom. The first-order chi connectivity index (χ1) is 16.0. The molecule has 1 unspecified atom stereocenters. The van der Waals surface area contributed by atoms with Crippen molar-refractivity contribution in [1.82, 2.24) is 4.98 Å². The van der Waals surface area contributed by atoms with E-state index in [1.807, 2.05) is 0 Å². The van der Waals surface area contributed by atoms with Gasteiger partial charge < -0.3 is 9.52 Å². The van der Waals surface area contributed by atoms with Crippen LogP contribution in [-0.2, 0) is 0 Å². The van der Waals surface area contributed by atoms with Crippen LogP contribution < -0.4 is 10.6 Å². The minimum atomic E-state index is -5.05. The quantitative estimate of drug-likeness (QED) is 0.327. The highest BCUT2D eigenvalue weighted by molar-refractivity contribution is 7.14. The van der Waals surface area contributed by atoms with Gasteiger partial charge in [0.05, 0.1) is 23.4 Å². The van der Waals surface area contributed by atoms with Crippen LogP contribution >= 0.6 is 34.5 Å². The first kappa shape index (κ1) is 22.9. The van der Waals surface area contributed by atoms with Crippen molar-refractivity contribution in [1.29, 1.82) is 0 Å². The van der Waals surface area contributed by atoms with Gasteiger partial charge in [-0.1, -0.05) is 35.3 Å². The molecular weight excluding hydrogens is 514 g/mol. The number of anilines is 1. The predicted octanol–water partition coefficient (Wildman–Crippen LogP) is 6.09. The fourth-order valence-corrected chi connectivity index (χ4v) is 4.67. The van der Waals surface area contributed by atoms with E-state index in [0.717, 1.165) is 11.3 Å². The Kier molecular flexibility index (Phi) is 5.44. The van der Waals surface area contributed by atoms with Gasteiger partial charge in [-0.25, -0.2) is 9.78 Å². The summed E-state index contributed by atoms with van der Waals surface area (Å²) in [6, 6.07) is 12.2. The fraction of sp³-hybridized carbons (Fsp3) is 0.136. The highest BCUT2D eigenvalue weighted by Crippen LogP contribution is 2.45. The van der Waals surface area contributed by atoms with Gasteiger partial charge in [-0.15, -0.1) is 11.3 Å². The third-order valence-electron chi connectivity index (χ3n) is 5.26. The van der Waals surface area contributed by atoms with E-state index in [1.54, 1.807) is 12.1 Å². The number of alkyl halides is 3. The molecule has 34 heavy (non-hydrogen) atoms. The van der Waals surface area contributed by atoms with Gasteiger partial charge in [0.25, 0.3) is 5.72 Å². The average Bonchev–Trinajstić information content (AvgIpc) is 3.39. The maximum absolute atomic E-state index is 14.0. The number of hydrogen-bond acceptors (Lipinski definition) is 7. The lowest BCUT2D eigenvalue weighted by molar-refractivity contribution is -0.254. The molecule has 0 bridgehead atoms. The molecule has 2 aromatic heterocycles. The van der Waals surface area contributed by atoms with E-state index in [1.165, 1.54) is 41.8 Å². The van der Waals surface area contributed by atoms with E-state index >= 15 is 0 Å². The first-order valence-electron chi connectivity index (χ1n) is 9.67. The van der Waals surface area contributed by atoms with Crippen LogP contribution in [0.4, 0.5) is 18.3 Å². The van der Waals surface area contributed by atoms with Crippen LogP contribution in [0.5, 0.6) is 0 Å². The minimum absolute atomic E-state index is 0.00750. The lowest BCUT2D eigenvalue weighted by Gasteiger charge is -2.32. The molecule has 1 N–H and O–H groups in total. The molecule has 0 spiro atoms. The summed E-state index contributed by atoms with van der Waals surface area (Å²) in [5.41, 5.74) is -3.24. The van der Waals surface area contributed by atoms with E-state index < -0.39 is 23.9 Å². The lowest BCUT2D eigenvalue weighted by atomic mass is 10.0. The molecule has 0 saturated heterocycles. The van der Waals surface area contributed by atoms with Gasteiger partial charge in [0.1, 0.15) is 5.58 Å². The van der Waals surface area contributed by atoms with Gasteiger partial charge in [-0.2, -0.15) is 23.3 Å². The maximum Gasteiger partial charge on any atom is 0.438 e. The van der Waals surface area contributed by atoms with E-state index in [2.05, 4.69) is 10.1 Å². The maximum atomic E-state index is 14.0. The summed E-state index contributed by atoms with van der Waals surface area (Å²) >= 11 is 12.7. The number of rotatable bonds is 3. The zero-order chi connectivity index (χ0) is 24.3. The topological polar surface area (TPSA) is 78.9 Å². The molecule has 2 aromatic carbocycles. The second-order valence-electron chi connectivity index (χ2n) is 7.50. The van der Waals surface area contributed by atoms with Crippen LogP contribution in [0.2, 0.25) is 10.0 Å². The molecule has 174 valence electrons. The van der Waals surface area contributed by atoms with Crippen molar-refractivity contribution in [3.05, 3.63) is 79.9 Å². The molecule has 0 aliphatic carbocycles. The SMILES string of the molecule is O=c1oc2ccc(Cl)cc2cc1-c1csc(N2N=C(c3ccc(Cl)cc3)CC2(O)C(F)(F)F)n1. The van der Waals surface area contributed by atoms with Crippen LogP contribution in [0.3, 0.4) is 0 Å². The molecule has 6 nitrogen and oxygen atoms in total. The Hall–Kier alpha value is -2.92. The van der Waals surface area contributed by atoms with Crippen molar-refractivity contribution < 1.29 is 22.7 Å². The van der Waals surface area contributed by atoms with Crippen LogP contribution in [0.1, 0.15) is 12.0 Å². The van der Waals surface area contributed by atoms with Crippen molar-refractivity contribution in [2.75, 3.05) is 5.01 Å². The predicted molar refractivity (Wildman–Crippen MR) is 125 cm³/mol. The first-order valence-corrected chi connectivity index (χ1v) is 11.3. The summed E-state index contributed by atoms with van der Waals surface area (Å²) in [5, 5.41) is 17.6. The average molecular weight is 526 g/mol. The molecule has 1 atom stereocenters. The monoisotopic (exact) mass is 525 g/mol. The number of halogens is 5. The van der Waals surface area contributed by atoms with Gasteiger partial charge in [0.2, 0.25) is 5.13 Å². The highest BCUT2D eigenvalue weighted by Gasteiger charge is 2.62. The number of hydrazone groups is 1. The molecule has 1 aliphatic rings. The summed E-state index contributed by atoms with van der Waals surface area (Å²) in [5.74, 6) is 0. The minimum Gasteiger partial charge on any atom is -0.422 e. The summed E-state index contributed by atoms with van der Waals surface area (Å²) in [7, 11) is 0. The lowest BCUT2D eigenvalue weighted by Crippen LogP contribution is -2.55. The Bertz CT molecular complexity index is 1500. The normalized spacial score (nSPS) is 18.5. The number of fused-ring (bicyclic) bond motifs is 1. The van der Waals surface area contributed by atoms with Crippen LogP contribution in [-0.4, -0.2) is 27.7 Å². The molecule has 4 aromatic rings. The van der Waals surface area contributed by atoms with Gasteiger partial charge in [0, 0.05) is 20.8 Å². The molecule has 5 rings (SSSR count). The molecule has 12 heteroatoms. The Morgan fingerprint density at radius 2 is 1.79 bits per heavy atom. The van der Waals surface area contributed by atoms with Gasteiger partial charge in [-0.3, -0.25) is 0 Å². The number of thiazole rings is 1. The third kappa shape index (κ3) is 3.86. The van der Waals surface area contributed by atoms with Crippen molar-refractivity contribution in [2.45, 2.75) is 18.3 Å². The number of aromatic nitrogens is 1. The van der Waals surface area contributed by atoms with E-state index in [0.29, 0.717) is 31.6 Å².